The zero-order valence-corrected chi connectivity index (χ0v) is 24.5. The van der Waals surface area contributed by atoms with Crippen LogP contribution in [-0.2, 0) is 25.7 Å². The van der Waals surface area contributed by atoms with Gasteiger partial charge in [-0.2, -0.15) is 0 Å². The van der Waals surface area contributed by atoms with Crippen molar-refractivity contribution in [2.45, 2.75) is 57.8 Å². The molecule has 0 aliphatic carbocycles. The van der Waals surface area contributed by atoms with E-state index in [1.807, 2.05) is 66.4 Å². The van der Waals surface area contributed by atoms with Crippen molar-refractivity contribution in [2.24, 2.45) is 5.73 Å². The molecule has 3 aromatic rings. The lowest BCUT2D eigenvalue weighted by Crippen LogP contribution is -2.56. The number of aromatic nitrogens is 2. The Kier molecular flexibility index (Phi) is 11.0. The van der Waals surface area contributed by atoms with E-state index in [1.54, 1.807) is 24.6 Å². The Morgan fingerprint density at radius 2 is 1.71 bits per heavy atom. The lowest BCUT2D eigenvalue weighted by Gasteiger charge is -2.24. The summed E-state index contributed by atoms with van der Waals surface area (Å²) >= 11 is 0. The van der Waals surface area contributed by atoms with Crippen molar-refractivity contribution in [1.82, 2.24) is 19.8 Å². The summed E-state index contributed by atoms with van der Waals surface area (Å²) in [5, 5.41) is 5.44. The average molecular weight is 583 g/mol. The monoisotopic (exact) mass is 582 g/mol. The maximum atomic E-state index is 13.5. The molecule has 0 bridgehead atoms. The maximum Gasteiger partial charge on any atom is 0.250 e. The number of nitrogens with two attached hydrogens (primary N) is 1. The van der Waals surface area contributed by atoms with Gasteiger partial charge in [-0.25, -0.2) is 4.98 Å². The molecule has 1 aliphatic heterocycles. The molecule has 1 aromatic heterocycles. The van der Waals surface area contributed by atoms with E-state index in [1.165, 1.54) is 6.33 Å². The smallest absolute Gasteiger partial charge is 0.250 e. The number of anilines is 1. The highest BCUT2D eigenvalue weighted by Gasteiger charge is 2.31. The van der Waals surface area contributed by atoms with E-state index in [2.05, 4.69) is 15.6 Å². The number of likely N-dealkylation sites (tertiary alicyclic amines) is 1. The van der Waals surface area contributed by atoms with Crippen molar-refractivity contribution in [1.29, 1.82) is 0 Å². The number of nitrogens with zero attached hydrogens (tertiary/aromatic N) is 3. The van der Waals surface area contributed by atoms with Crippen LogP contribution in [0.5, 0.6) is 0 Å². The number of benzene rings is 2. The van der Waals surface area contributed by atoms with Crippen molar-refractivity contribution in [3.05, 3.63) is 83.8 Å². The first-order valence-corrected chi connectivity index (χ1v) is 13.5. The molecule has 1 fully saturated rings. The minimum Gasteiger partial charge on any atom is -0.374 e. The van der Waals surface area contributed by atoms with Gasteiger partial charge in [0.2, 0.25) is 11.8 Å². The number of hydrogen-bond acceptors (Lipinski definition) is 6. The van der Waals surface area contributed by atoms with Gasteiger partial charge in [-0.1, -0.05) is 60.2 Å². The standard InChI is InChI=1S/C30H38N6O4.ClH/c1-21-11-13-23(14-12-21)26(28(38)35-15-7-8-16-35)36-17-25(32-20-36)34-27(37)24(33-29(39)30(2,3)31)19-40-18-22-9-5-4-6-10-22;/h4-6,9-14,17,20,24,26H,7-8,15-16,18-19,31H2,1-3H3,(H,33,39)(H,34,37);1H/t24-,26?;/m1./s1. The first kappa shape index (κ1) is 31.8. The van der Waals surface area contributed by atoms with Crippen molar-refractivity contribution in [2.75, 3.05) is 25.0 Å². The van der Waals surface area contributed by atoms with Gasteiger partial charge in [0.1, 0.15) is 12.1 Å². The largest absolute Gasteiger partial charge is 0.374 e. The number of hydrogen-bond donors (Lipinski definition) is 3. The number of halogens is 1. The first-order valence-electron chi connectivity index (χ1n) is 13.5. The third-order valence-corrected chi connectivity index (χ3v) is 6.80. The summed E-state index contributed by atoms with van der Waals surface area (Å²) in [6.07, 6.45) is 5.14. The van der Waals surface area contributed by atoms with Crippen molar-refractivity contribution in [3.8, 4) is 0 Å². The molecule has 4 rings (SSSR count). The van der Waals surface area contributed by atoms with Crippen LogP contribution < -0.4 is 16.4 Å². The first-order chi connectivity index (χ1) is 19.1. The van der Waals surface area contributed by atoms with E-state index < -0.39 is 29.4 Å². The zero-order valence-electron chi connectivity index (χ0n) is 23.7. The van der Waals surface area contributed by atoms with Gasteiger partial charge in [-0.05, 0) is 44.7 Å². The summed E-state index contributed by atoms with van der Waals surface area (Å²) in [6, 6.07) is 15.7. The molecular weight excluding hydrogens is 544 g/mol. The van der Waals surface area contributed by atoms with E-state index in [0.717, 1.165) is 42.6 Å². The molecule has 0 spiro atoms. The number of carbonyl (C=O) groups is 3. The number of carbonyl (C=O) groups excluding carboxylic acids is 3. The number of aryl methyl sites for hydroxylation is 1. The van der Waals surface area contributed by atoms with Crippen LogP contribution in [0.3, 0.4) is 0 Å². The lowest BCUT2D eigenvalue weighted by atomic mass is 10.0. The van der Waals surface area contributed by atoms with Crippen LogP contribution in [-0.4, -0.2) is 63.4 Å². The Hall–Kier alpha value is -3.73. The molecule has 1 unspecified atom stereocenters. The fraction of sp³-hybridized carbons (Fsp3) is 0.400. The molecule has 1 aliphatic rings. The van der Waals surface area contributed by atoms with Crippen molar-refractivity contribution >= 4 is 35.9 Å². The number of nitrogens with one attached hydrogen (secondary N) is 2. The van der Waals surface area contributed by atoms with Gasteiger partial charge < -0.3 is 30.6 Å². The molecular formula is C30H39ClN6O4. The van der Waals surface area contributed by atoms with Crippen LogP contribution in [0.15, 0.2) is 67.1 Å². The highest BCUT2D eigenvalue weighted by molar-refractivity contribution is 5.98. The number of imidazole rings is 1. The third-order valence-electron chi connectivity index (χ3n) is 6.80. The molecule has 3 amide bonds. The number of rotatable bonds is 11. The summed E-state index contributed by atoms with van der Waals surface area (Å²) in [5.74, 6) is -0.752. The minimum atomic E-state index is -1.18. The van der Waals surface area contributed by atoms with Crippen LogP contribution >= 0.6 is 12.4 Å². The molecule has 1 saturated heterocycles. The van der Waals surface area contributed by atoms with Crippen molar-refractivity contribution < 1.29 is 19.1 Å². The normalized spacial score (nSPS) is 14.6. The Morgan fingerprint density at radius 3 is 2.34 bits per heavy atom. The van der Waals surface area contributed by atoms with E-state index in [9.17, 15) is 14.4 Å². The Labute approximate surface area is 247 Å². The van der Waals surface area contributed by atoms with E-state index in [4.69, 9.17) is 10.5 Å². The predicted octanol–water partition coefficient (Wildman–Crippen LogP) is 3.20. The molecule has 2 atom stereocenters. The van der Waals surface area contributed by atoms with Crippen LogP contribution in [0.2, 0.25) is 0 Å². The molecule has 4 N–H and O–H groups in total. The highest BCUT2D eigenvalue weighted by Crippen LogP contribution is 2.25. The van der Waals surface area contributed by atoms with Gasteiger partial charge in [-0.15, -0.1) is 12.4 Å². The minimum absolute atomic E-state index is 0. The summed E-state index contributed by atoms with van der Waals surface area (Å²) in [7, 11) is 0. The molecule has 0 radical (unpaired) electrons. The number of amides is 3. The quantitative estimate of drug-likeness (QED) is 0.318. The molecule has 2 heterocycles. The second kappa shape index (κ2) is 14.2. The molecule has 11 heteroatoms. The SMILES string of the molecule is Cc1ccc(C(C(=O)N2CCCC2)n2cnc(NC(=O)[C@@H](COCc3ccccc3)NC(=O)C(C)(C)N)c2)cc1.Cl. The highest BCUT2D eigenvalue weighted by atomic mass is 35.5. The van der Waals surface area contributed by atoms with Crippen LogP contribution in [0.1, 0.15) is 49.4 Å². The van der Waals surface area contributed by atoms with Gasteiger partial charge in [0.15, 0.2) is 5.82 Å². The van der Waals surface area contributed by atoms with Gasteiger partial charge in [0.05, 0.1) is 25.1 Å². The number of ether oxygens (including phenoxy) is 1. The second-order valence-electron chi connectivity index (χ2n) is 10.8. The zero-order chi connectivity index (χ0) is 28.7. The predicted molar refractivity (Wildman–Crippen MR) is 160 cm³/mol. The third kappa shape index (κ3) is 8.63. The van der Waals surface area contributed by atoms with Crippen molar-refractivity contribution in [3.63, 3.8) is 0 Å². The fourth-order valence-corrected chi connectivity index (χ4v) is 4.45. The lowest BCUT2D eigenvalue weighted by molar-refractivity contribution is -0.132. The topological polar surface area (TPSA) is 132 Å². The van der Waals surface area contributed by atoms with Crippen LogP contribution in [0.25, 0.3) is 0 Å². The van der Waals surface area contributed by atoms with Crippen LogP contribution in [0, 0.1) is 6.92 Å². The summed E-state index contributed by atoms with van der Waals surface area (Å²) in [4.78, 5) is 45.6. The van der Waals surface area contributed by atoms with Gasteiger partial charge >= 0.3 is 0 Å². The summed E-state index contributed by atoms with van der Waals surface area (Å²) in [6.45, 7) is 6.78. The van der Waals surface area contributed by atoms with E-state index in [-0.39, 0.29) is 37.3 Å². The summed E-state index contributed by atoms with van der Waals surface area (Å²) < 4.78 is 7.47. The molecule has 41 heavy (non-hydrogen) atoms. The molecule has 2 aromatic carbocycles. The maximum absolute atomic E-state index is 13.5. The van der Waals surface area contributed by atoms with Gasteiger partial charge in [0, 0.05) is 19.3 Å². The molecule has 10 nitrogen and oxygen atoms in total. The van der Waals surface area contributed by atoms with E-state index >= 15 is 0 Å². The van der Waals surface area contributed by atoms with E-state index in [0.29, 0.717) is 0 Å². The second-order valence-corrected chi connectivity index (χ2v) is 10.8. The average Bonchev–Trinajstić information content (AvgIpc) is 3.62. The summed E-state index contributed by atoms with van der Waals surface area (Å²) in [5.41, 5.74) is 7.63. The van der Waals surface area contributed by atoms with Gasteiger partial charge in [-0.3, -0.25) is 14.4 Å². The molecule has 0 saturated carbocycles. The Bertz CT molecular complexity index is 1300. The Balaban J connectivity index is 0.00000462. The Morgan fingerprint density at radius 1 is 1.05 bits per heavy atom. The van der Waals surface area contributed by atoms with Gasteiger partial charge in [0.25, 0.3) is 5.91 Å². The van der Waals surface area contributed by atoms with Crippen LogP contribution in [0.4, 0.5) is 5.82 Å². The molecule has 220 valence electrons. The fourth-order valence-electron chi connectivity index (χ4n) is 4.45.